The van der Waals surface area contributed by atoms with Crippen LogP contribution in [-0.4, -0.2) is 55.8 Å². The van der Waals surface area contributed by atoms with Gasteiger partial charge in [0.25, 0.3) is 11.6 Å². The number of sulfonamides is 1. The van der Waals surface area contributed by atoms with Gasteiger partial charge in [0.2, 0.25) is 10.0 Å². The lowest BCUT2D eigenvalue weighted by Gasteiger charge is -2.34. The van der Waals surface area contributed by atoms with Crippen molar-refractivity contribution >= 4 is 27.3 Å². The molecule has 31 heavy (non-hydrogen) atoms. The highest BCUT2D eigenvalue weighted by atomic mass is 32.2. The molecule has 1 fully saturated rings. The molecule has 166 valence electrons. The van der Waals surface area contributed by atoms with Gasteiger partial charge in [-0.2, -0.15) is 4.31 Å². The lowest BCUT2D eigenvalue weighted by Crippen LogP contribution is -3.19. The fraction of sp³-hybridized carbons (Fsp3) is 0.381. The zero-order valence-electron chi connectivity index (χ0n) is 17.8. The van der Waals surface area contributed by atoms with Gasteiger partial charge in [0.1, 0.15) is 0 Å². The number of hydrogen-bond acceptors (Lipinski definition) is 5. The van der Waals surface area contributed by atoms with Crippen LogP contribution >= 0.6 is 0 Å². The van der Waals surface area contributed by atoms with Gasteiger partial charge >= 0.3 is 0 Å². The third kappa shape index (κ3) is 5.09. The number of carbonyl (C=O) groups is 1. The van der Waals surface area contributed by atoms with E-state index in [4.69, 9.17) is 0 Å². The third-order valence-corrected chi connectivity index (χ3v) is 7.70. The van der Waals surface area contributed by atoms with E-state index in [1.165, 1.54) is 22.5 Å². The molecule has 0 aromatic heterocycles. The third-order valence-electron chi connectivity index (χ3n) is 5.66. The molecule has 9 nitrogen and oxygen atoms in total. The molecule has 1 aliphatic rings. The van der Waals surface area contributed by atoms with Crippen molar-refractivity contribution in [1.82, 2.24) is 4.31 Å². The summed E-state index contributed by atoms with van der Waals surface area (Å²) in [6.07, 6.45) is 0. The maximum Gasteiger partial charge on any atom is 0.282 e. The normalized spacial score (nSPS) is 16.6. The molecule has 0 spiro atoms. The Labute approximate surface area is 181 Å². The Morgan fingerprint density at radius 1 is 1.16 bits per heavy atom. The number of nitro groups is 1. The van der Waals surface area contributed by atoms with Gasteiger partial charge in [0.15, 0.2) is 6.04 Å². The number of piperazine rings is 1. The minimum absolute atomic E-state index is 0.0944. The summed E-state index contributed by atoms with van der Waals surface area (Å²) >= 11 is 0. The molecule has 2 N–H and O–H groups in total. The number of amides is 1. The van der Waals surface area contributed by atoms with Gasteiger partial charge < -0.3 is 10.2 Å². The van der Waals surface area contributed by atoms with E-state index in [2.05, 4.69) is 5.32 Å². The van der Waals surface area contributed by atoms with Crippen LogP contribution in [0.1, 0.15) is 18.1 Å². The molecule has 0 bridgehead atoms. The maximum atomic E-state index is 13.1. The van der Waals surface area contributed by atoms with Crippen molar-refractivity contribution in [3.05, 3.63) is 63.7 Å². The Balaban J connectivity index is 1.63. The maximum absolute atomic E-state index is 13.1. The number of hydrogen-bond donors (Lipinski definition) is 2. The van der Waals surface area contributed by atoms with E-state index >= 15 is 0 Å². The van der Waals surface area contributed by atoms with Gasteiger partial charge in [-0.25, -0.2) is 8.42 Å². The lowest BCUT2D eigenvalue weighted by atomic mass is 10.2. The molecule has 0 saturated carbocycles. The van der Waals surface area contributed by atoms with Crippen molar-refractivity contribution in [3.63, 3.8) is 0 Å². The van der Waals surface area contributed by atoms with E-state index in [0.717, 1.165) is 10.5 Å². The van der Waals surface area contributed by atoms with Crippen molar-refractivity contribution in [2.75, 3.05) is 31.5 Å². The van der Waals surface area contributed by atoms with Gasteiger partial charge in [0.05, 0.1) is 36.0 Å². The van der Waals surface area contributed by atoms with Gasteiger partial charge in [-0.3, -0.25) is 14.9 Å². The molecule has 0 aliphatic carbocycles. The van der Waals surface area contributed by atoms with Crippen LogP contribution < -0.4 is 10.2 Å². The van der Waals surface area contributed by atoms with E-state index in [-0.39, 0.29) is 11.6 Å². The molecule has 1 heterocycles. The van der Waals surface area contributed by atoms with Crippen LogP contribution in [-0.2, 0) is 14.8 Å². The van der Waals surface area contributed by atoms with Crippen LogP contribution in [0.15, 0.2) is 47.4 Å². The average molecular weight is 448 g/mol. The highest BCUT2D eigenvalue weighted by Gasteiger charge is 2.35. The number of nitrogens with one attached hydrogen (secondary N) is 2. The highest BCUT2D eigenvalue weighted by molar-refractivity contribution is 7.89. The Hall–Kier alpha value is -2.82. The first kappa shape index (κ1) is 22.9. The minimum atomic E-state index is -3.59. The number of nitrogens with zero attached hydrogens (tertiary/aromatic N) is 2. The monoisotopic (exact) mass is 447 g/mol. The zero-order chi connectivity index (χ0) is 22.8. The van der Waals surface area contributed by atoms with Gasteiger partial charge in [-0.1, -0.05) is 18.2 Å². The van der Waals surface area contributed by atoms with Crippen LogP contribution in [0.2, 0.25) is 0 Å². The summed E-state index contributed by atoms with van der Waals surface area (Å²) in [4.78, 5) is 24.3. The van der Waals surface area contributed by atoms with Crippen LogP contribution in [0.25, 0.3) is 0 Å². The van der Waals surface area contributed by atoms with Crippen molar-refractivity contribution in [1.29, 1.82) is 0 Å². The van der Waals surface area contributed by atoms with Crippen molar-refractivity contribution < 1.29 is 23.0 Å². The summed E-state index contributed by atoms with van der Waals surface area (Å²) in [5, 5.41) is 13.6. The van der Waals surface area contributed by atoms with Crippen LogP contribution in [0.4, 0.5) is 11.4 Å². The first-order chi connectivity index (χ1) is 14.6. The Morgan fingerprint density at radius 2 is 1.84 bits per heavy atom. The second kappa shape index (κ2) is 9.13. The molecule has 10 heteroatoms. The van der Waals surface area contributed by atoms with Crippen molar-refractivity contribution in [2.24, 2.45) is 0 Å². The molecule has 1 amide bonds. The predicted molar refractivity (Wildman–Crippen MR) is 117 cm³/mol. The molecule has 2 aromatic rings. The number of anilines is 1. The standard InChI is InChI=1S/C21H26N4O5S/c1-15-7-8-16(2)20(13-15)31(29,30)24-11-9-23(10-12-24)17(3)21(26)22-18-5-4-6-19(14-18)25(27)28/h4-8,13-14,17H,9-12H2,1-3H3,(H,22,26)/p+1/t17-/m0/s1. The summed E-state index contributed by atoms with van der Waals surface area (Å²) in [6.45, 7) is 7.05. The van der Waals surface area contributed by atoms with Gasteiger partial charge in [-0.05, 0) is 44.0 Å². The van der Waals surface area contributed by atoms with E-state index in [1.54, 1.807) is 26.0 Å². The minimum Gasteiger partial charge on any atom is -0.323 e. The summed E-state index contributed by atoms with van der Waals surface area (Å²) in [5.41, 5.74) is 1.87. The second-order valence-corrected chi connectivity index (χ2v) is 9.76. The SMILES string of the molecule is Cc1ccc(C)c(S(=O)(=O)N2CC[NH+]([C@@H](C)C(=O)Nc3cccc([N+](=O)[O-])c3)CC2)c1. The fourth-order valence-electron chi connectivity index (χ4n) is 3.70. The first-order valence-electron chi connectivity index (χ1n) is 10.1. The smallest absolute Gasteiger partial charge is 0.282 e. The molecular formula is C21H27N4O5S+. The highest BCUT2D eigenvalue weighted by Crippen LogP contribution is 2.21. The van der Waals surface area contributed by atoms with Crippen LogP contribution in [0.3, 0.4) is 0 Å². The average Bonchev–Trinajstić information content (AvgIpc) is 2.75. The van der Waals surface area contributed by atoms with Crippen LogP contribution in [0, 0.1) is 24.0 Å². The topological polar surface area (TPSA) is 114 Å². The molecule has 0 unspecified atom stereocenters. The fourth-order valence-corrected chi connectivity index (χ4v) is 5.46. The number of carbonyl (C=O) groups excluding carboxylic acids is 1. The Morgan fingerprint density at radius 3 is 2.48 bits per heavy atom. The Bertz CT molecular complexity index is 1090. The number of aryl methyl sites for hydroxylation is 2. The quantitative estimate of drug-likeness (QED) is 0.509. The molecule has 3 rings (SSSR count). The Kier molecular flexibility index (Phi) is 6.73. The van der Waals surface area contributed by atoms with E-state index < -0.39 is 21.0 Å². The molecule has 1 aliphatic heterocycles. The number of non-ortho nitro benzene ring substituents is 1. The van der Waals surface area contributed by atoms with Crippen molar-refractivity contribution in [3.8, 4) is 0 Å². The van der Waals surface area contributed by atoms with Gasteiger partial charge in [-0.15, -0.1) is 0 Å². The van der Waals surface area contributed by atoms with E-state index in [0.29, 0.717) is 42.3 Å². The number of benzene rings is 2. The molecule has 1 saturated heterocycles. The van der Waals surface area contributed by atoms with Crippen molar-refractivity contribution in [2.45, 2.75) is 31.7 Å². The number of rotatable bonds is 6. The predicted octanol–water partition coefficient (Wildman–Crippen LogP) is 1.13. The molecule has 2 aromatic carbocycles. The summed E-state index contributed by atoms with van der Waals surface area (Å²) in [7, 11) is -3.59. The first-order valence-corrected chi connectivity index (χ1v) is 11.5. The van der Waals surface area contributed by atoms with Crippen LogP contribution in [0.5, 0.6) is 0 Å². The second-order valence-electron chi connectivity index (χ2n) is 7.85. The van der Waals surface area contributed by atoms with Gasteiger partial charge in [0, 0.05) is 17.8 Å². The zero-order valence-corrected chi connectivity index (χ0v) is 18.6. The van der Waals surface area contributed by atoms with E-state index in [1.807, 2.05) is 19.1 Å². The molecule has 0 radical (unpaired) electrons. The molecule has 1 atom stereocenters. The van der Waals surface area contributed by atoms with E-state index in [9.17, 15) is 23.3 Å². The molecular weight excluding hydrogens is 420 g/mol. The summed E-state index contributed by atoms with van der Waals surface area (Å²) in [6, 6.07) is 10.8. The number of nitro benzene ring substituents is 1. The number of quaternary nitrogens is 1. The summed E-state index contributed by atoms with van der Waals surface area (Å²) < 4.78 is 27.6. The summed E-state index contributed by atoms with van der Waals surface area (Å²) in [5.74, 6) is -0.263. The lowest BCUT2D eigenvalue weighted by molar-refractivity contribution is -0.917. The largest absolute Gasteiger partial charge is 0.323 e.